The zero-order valence-corrected chi connectivity index (χ0v) is 18.5. The van der Waals surface area contributed by atoms with Gasteiger partial charge in [-0.05, 0) is 44.1 Å². The lowest BCUT2D eigenvalue weighted by molar-refractivity contribution is 0.00648. The van der Waals surface area contributed by atoms with E-state index in [0.717, 1.165) is 31.1 Å². The highest BCUT2D eigenvalue weighted by atomic mass is 19.1. The molecule has 1 saturated heterocycles. The Kier molecular flexibility index (Phi) is 5.64. The second-order valence-corrected chi connectivity index (χ2v) is 9.25. The van der Waals surface area contributed by atoms with Crippen molar-refractivity contribution in [2.45, 2.75) is 50.6 Å². The van der Waals surface area contributed by atoms with Crippen molar-refractivity contribution >= 4 is 11.5 Å². The molecule has 3 fully saturated rings. The van der Waals surface area contributed by atoms with Gasteiger partial charge in [0.2, 0.25) is 0 Å². The van der Waals surface area contributed by atoms with Crippen LogP contribution in [0.4, 0.5) is 19.0 Å². The Labute approximate surface area is 189 Å². The maximum Gasteiger partial charge on any atom is 0.168 e. The van der Waals surface area contributed by atoms with E-state index in [9.17, 15) is 13.2 Å². The fraction of sp³-hybridized carbons (Fsp3) is 0.522. The van der Waals surface area contributed by atoms with Crippen LogP contribution in [0.3, 0.4) is 0 Å². The van der Waals surface area contributed by atoms with Crippen LogP contribution in [-0.4, -0.2) is 46.0 Å². The summed E-state index contributed by atoms with van der Waals surface area (Å²) in [5.74, 6) is -1.05. The van der Waals surface area contributed by atoms with Gasteiger partial charge in [0.05, 0.1) is 13.3 Å². The van der Waals surface area contributed by atoms with Crippen LogP contribution in [-0.2, 0) is 0 Å². The van der Waals surface area contributed by atoms with Crippen molar-refractivity contribution in [3.05, 3.63) is 35.7 Å². The molecule has 6 rings (SSSR count). The van der Waals surface area contributed by atoms with Crippen molar-refractivity contribution in [2.24, 2.45) is 5.41 Å². The van der Waals surface area contributed by atoms with Crippen LogP contribution in [0.2, 0.25) is 0 Å². The van der Waals surface area contributed by atoms with E-state index in [4.69, 9.17) is 15.6 Å². The summed E-state index contributed by atoms with van der Waals surface area (Å²) in [6.07, 6.45) is 7.68. The highest BCUT2D eigenvalue weighted by Crippen LogP contribution is 2.62. The number of alkyl halides is 1. The highest BCUT2D eigenvalue weighted by molar-refractivity contribution is 5.63. The number of methoxy groups -OCH3 is 1. The van der Waals surface area contributed by atoms with Gasteiger partial charge >= 0.3 is 0 Å². The molecule has 33 heavy (non-hydrogen) atoms. The van der Waals surface area contributed by atoms with E-state index in [1.807, 2.05) is 0 Å². The molecule has 1 atom stereocenters. The molecule has 2 aliphatic carbocycles. The summed E-state index contributed by atoms with van der Waals surface area (Å²) in [7, 11) is 1.61. The lowest BCUT2D eigenvalue weighted by atomic mass is 9.51. The predicted octanol–water partition coefficient (Wildman–Crippen LogP) is 4.03. The fourth-order valence-corrected chi connectivity index (χ4v) is 5.06. The van der Waals surface area contributed by atoms with Crippen molar-refractivity contribution in [3.8, 4) is 17.1 Å². The molecule has 0 amide bonds. The van der Waals surface area contributed by atoms with Gasteiger partial charge in [-0.1, -0.05) is 6.42 Å². The van der Waals surface area contributed by atoms with Gasteiger partial charge in [-0.3, -0.25) is 0 Å². The van der Waals surface area contributed by atoms with Crippen LogP contribution < -0.4 is 15.8 Å². The molecule has 3 N–H and O–H groups in total. The standard InChI is InChI=1S/C19H19F2N5O.C4H8FN/c1-27-14-6-15-23-9-13(17-11(20)5-12(21)18(22)24-17)26(15)25-16(14)10-7-19(8-10)3-2-4-19;5-4-1-2-6-3-4/h5-6,9-10H,2-4,7-8H2,1H3,(H2,22,24);4,6H,1-3H2. The number of pyridine rings is 1. The number of nitrogens with zero attached hydrogens (tertiary/aromatic N) is 4. The minimum absolute atomic E-state index is 0.0749. The molecular weight excluding hydrogens is 433 g/mol. The second kappa shape index (κ2) is 8.48. The Hall–Kier alpha value is -2.88. The van der Waals surface area contributed by atoms with Crippen LogP contribution in [0.1, 0.15) is 50.1 Å². The number of hydrogen-bond acceptors (Lipinski definition) is 6. The molecule has 1 spiro atoms. The summed E-state index contributed by atoms with van der Waals surface area (Å²) >= 11 is 0. The maximum atomic E-state index is 14.3. The Morgan fingerprint density at radius 3 is 2.58 bits per heavy atom. The Morgan fingerprint density at radius 2 is 2.00 bits per heavy atom. The summed E-state index contributed by atoms with van der Waals surface area (Å²) < 4.78 is 46.7. The maximum absolute atomic E-state index is 14.3. The molecule has 1 aliphatic heterocycles. The number of halogens is 3. The van der Waals surface area contributed by atoms with E-state index in [1.165, 1.54) is 30.0 Å². The summed E-state index contributed by atoms with van der Waals surface area (Å²) in [5, 5.41) is 7.61. The third-order valence-electron chi connectivity index (χ3n) is 7.06. The zero-order valence-electron chi connectivity index (χ0n) is 18.5. The van der Waals surface area contributed by atoms with E-state index in [2.05, 4.69) is 15.3 Å². The van der Waals surface area contributed by atoms with E-state index < -0.39 is 17.8 Å². The Balaban J connectivity index is 0.000000332. The molecule has 1 unspecified atom stereocenters. The number of rotatable bonds is 3. The van der Waals surface area contributed by atoms with Crippen LogP contribution in [0.25, 0.3) is 17.0 Å². The number of ether oxygens (including phenoxy) is 1. The largest absolute Gasteiger partial charge is 0.495 e. The molecule has 3 aromatic heterocycles. The number of hydrogen-bond donors (Lipinski definition) is 2. The van der Waals surface area contributed by atoms with Crippen molar-refractivity contribution < 1.29 is 17.9 Å². The van der Waals surface area contributed by atoms with E-state index in [1.54, 1.807) is 13.2 Å². The first-order valence-corrected chi connectivity index (χ1v) is 11.3. The lowest BCUT2D eigenvalue weighted by Crippen LogP contribution is -2.41. The molecule has 3 aliphatic rings. The van der Waals surface area contributed by atoms with Crippen molar-refractivity contribution in [3.63, 3.8) is 0 Å². The third kappa shape index (κ3) is 4.01. The molecule has 7 nitrogen and oxygen atoms in total. The predicted molar refractivity (Wildman–Crippen MR) is 118 cm³/mol. The number of nitrogens with one attached hydrogen (secondary N) is 1. The summed E-state index contributed by atoms with van der Waals surface area (Å²) in [6.45, 7) is 1.43. The minimum atomic E-state index is -0.888. The first kappa shape index (κ1) is 21.9. The van der Waals surface area contributed by atoms with E-state index in [0.29, 0.717) is 41.4 Å². The molecule has 176 valence electrons. The molecular formula is C23H27F3N6O. The quantitative estimate of drug-likeness (QED) is 0.614. The molecule has 0 radical (unpaired) electrons. The van der Waals surface area contributed by atoms with E-state index in [-0.39, 0.29) is 11.5 Å². The van der Waals surface area contributed by atoms with Crippen LogP contribution in [0.5, 0.6) is 5.75 Å². The molecule has 2 saturated carbocycles. The van der Waals surface area contributed by atoms with Gasteiger partial charge in [0.1, 0.15) is 29.0 Å². The molecule has 0 aromatic carbocycles. The summed E-state index contributed by atoms with van der Waals surface area (Å²) in [4.78, 5) is 8.13. The second-order valence-electron chi connectivity index (χ2n) is 9.25. The van der Waals surface area contributed by atoms with Crippen LogP contribution in [0, 0.1) is 17.0 Å². The van der Waals surface area contributed by atoms with Gasteiger partial charge in [0, 0.05) is 24.6 Å². The Bertz CT molecular complexity index is 1160. The van der Waals surface area contributed by atoms with Gasteiger partial charge in [-0.25, -0.2) is 27.7 Å². The van der Waals surface area contributed by atoms with Crippen LogP contribution >= 0.6 is 0 Å². The van der Waals surface area contributed by atoms with Gasteiger partial charge in [-0.2, -0.15) is 5.10 Å². The molecule has 4 heterocycles. The van der Waals surface area contributed by atoms with Crippen LogP contribution in [0.15, 0.2) is 18.3 Å². The van der Waals surface area contributed by atoms with Gasteiger partial charge in [-0.15, -0.1) is 0 Å². The zero-order chi connectivity index (χ0) is 23.2. The molecule has 0 bridgehead atoms. The SMILES string of the molecule is COc1cc2ncc(-c3nc(N)c(F)cc3F)n2nc1C1CC2(CCC2)C1.FC1CCNC1. The third-order valence-corrected chi connectivity index (χ3v) is 7.06. The van der Waals surface area contributed by atoms with E-state index >= 15 is 0 Å². The van der Waals surface area contributed by atoms with Crippen molar-refractivity contribution in [1.82, 2.24) is 24.9 Å². The number of imidazole rings is 1. The average molecular weight is 461 g/mol. The summed E-state index contributed by atoms with van der Waals surface area (Å²) in [6, 6.07) is 2.52. The molecule has 10 heteroatoms. The number of nitrogen functional groups attached to an aromatic ring is 1. The molecule has 3 aromatic rings. The van der Waals surface area contributed by atoms with Gasteiger partial charge in [0.15, 0.2) is 23.1 Å². The number of aromatic nitrogens is 4. The summed E-state index contributed by atoms with van der Waals surface area (Å²) in [5.41, 5.74) is 7.62. The number of anilines is 1. The van der Waals surface area contributed by atoms with Crippen molar-refractivity contribution in [2.75, 3.05) is 25.9 Å². The lowest BCUT2D eigenvalue weighted by Gasteiger charge is -2.54. The number of nitrogens with two attached hydrogens (primary N) is 1. The first-order chi connectivity index (χ1) is 15.9. The number of fused-ring (bicyclic) bond motifs is 1. The van der Waals surface area contributed by atoms with Crippen molar-refractivity contribution in [1.29, 1.82) is 0 Å². The van der Waals surface area contributed by atoms with Gasteiger partial charge in [0.25, 0.3) is 0 Å². The minimum Gasteiger partial charge on any atom is -0.495 e. The highest BCUT2D eigenvalue weighted by Gasteiger charge is 2.49. The monoisotopic (exact) mass is 460 g/mol. The van der Waals surface area contributed by atoms with Gasteiger partial charge < -0.3 is 15.8 Å². The first-order valence-electron chi connectivity index (χ1n) is 11.3. The normalized spacial score (nSPS) is 21.4. The fourth-order valence-electron chi connectivity index (χ4n) is 5.06. The topological polar surface area (TPSA) is 90.4 Å². The average Bonchev–Trinajstić information content (AvgIpc) is 3.37. The smallest absolute Gasteiger partial charge is 0.168 e. The Morgan fingerprint density at radius 1 is 1.21 bits per heavy atom.